The van der Waals surface area contributed by atoms with Gasteiger partial charge in [0.25, 0.3) is 0 Å². The van der Waals surface area contributed by atoms with Crippen molar-refractivity contribution in [2.24, 2.45) is 0 Å². The smallest absolute Gasteiger partial charge is 0.337 e. The topological polar surface area (TPSA) is 82.1 Å². The van der Waals surface area contributed by atoms with Crippen LogP contribution in [0.25, 0.3) is 0 Å². The number of esters is 1. The van der Waals surface area contributed by atoms with Crippen molar-refractivity contribution in [2.75, 3.05) is 26.9 Å². The summed E-state index contributed by atoms with van der Waals surface area (Å²) in [5.74, 6) is 0.829. The first-order chi connectivity index (χ1) is 13.5. The average Bonchev–Trinajstić information content (AvgIpc) is 3.24. The minimum atomic E-state index is -3.70. The summed E-state index contributed by atoms with van der Waals surface area (Å²) >= 11 is 0. The third kappa shape index (κ3) is 3.33. The van der Waals surface area contributed by atoms with Crippen LogP contribution in [0.1, 0.15) is 34.8 Å². The third-order valence-electron chi connectivity index (χ3n) is 5.04. The molecule has 8 heteroatoms. The lowest BCUT2D eigenvalue weighted by Crippen LogP contribution is -2.30. The summed E-state index contributed by atoms with van der Waals surface area (Å²) in [6.45, 7) is 1.44. The maximum atomic E-state index is 13.2. The molecular formula is C20H21NO6S. The van der Waals surface area contributed by atoms with E-state index in [9.17, 15) is 13.2 Å². The summed E-state index contributed by atoms with van der Waals surface area (Å²) < 4.78 is 43.8. The molecule has 2 aliphatic heterocycles. The number of fused-ring (bicyclic) bond motifs is 1. The zero-order valence-corrected chi connectivity index (χ0v) is 16.3. The molecule has 7 nitrogen and oxygen atoms in total. The number of methoxy groups -OCH3 is 1. The molecule has 0 aromatic heterocycles. The Morgan fingerprint density at radius 2 is 1.79 bits per heavy atom. The number of benzene rings is 2. The molecule has 2 heterocycles. The van der Waals surface area contributed by atoms with Crippen molar-refractivity contribution in [3.05, 3.63) is 53.6 Å². The van der Waals surface area contributed by atoms with Crippen molar-refractivity contribution in [1.82, 2.24) is 4.31 Å². The minimum Gasteiger partial charge on any atom is -0.486 e. The molecule has 0 saturated carbocycles. The van der Waals surface area contributed by atoms with E-state index in [0.29, 0.717) is 36.8 Å². The molecule has 0 N–H and O–H groups in total. The standard InChI is InChI=1S/C20H21NO6S/c1-25-20(22)14-4-7-16(8-5-14)28(23,24)21-10-2-3-17(21)15-6-9-18-19(13-15)27-12-11-26-18/h4-9,13,17H,2-3,10-12H2,1H3/t17-/m0/s1. The lowest BCUT2D eigenvalue weighted by atomic mass is 10.0. The van der Waals surface area contributed by atoms with E-state index in [1.807, 2.05) is 18.2 Å². The largest absolute Gasteiger partial charge is 0.486 e. The van der Waals surface area contributed by atoms with Gasteiger partial charge in [0.2, 0.25) is 10.0 Å². The Labute approximate surface area is 163 Å². The van der Waals surface area contributed by atoms with Crippen LogP contribution in [0.3, 0.4) is 0 Å². The first-order valence-electron chi connectivity index (χ1n) is 9.10. The van der Waals surface area contributed by atoms with Gasteiger partial charge in [-0.15, -0.1) is 0 Å². The fraction of sp³-hybridized carbons (Fsp3) is 0.350. The van der Waals surface area contributed by atoms with Crippen molar-refractivity contribution in [3.8, 4) is 11.5 Å². The van der Waals surface area contributed by atoms with Crippen LogP contribution < -0.4 is 9.47 Å². The van der Waals surface area contributed by atoms with Crippen LogP contribution in [0.5, 0.6) is 11.5 Å². The molecule has 1 atom stereocenters. The predicted octanol–water partition coefficient (Wildman–Crippen LogP) is 2.77. The van der Waals surface area contributed by atoms with Gasteiger partial charge in [0.1, 0.15) is 13.2 Å². The van der Waals surface area contributed by atoms with Gasteiger partial charge < -0.3 is 14.2 Å². The lowest BCUT2D eigenvalue weighted by Gasteiger charge is -2.26. The summed E-state index contributed by atoms with van der Waals surface area (Å²) in [6, 6.07) is 11.2. The molecule has 2 aromatic rings. The highest BCUT2D eigenvalue weighted by Gasteiger charge is 2.36. The maximum absolute atomic E-state index is 13.2. The number of hydrogen-bond donors (Lipinski definition) is 0. The molecule has 28 heavy (non-hydrogen) atoms. The number of nitrogens with zero attached hydrogens (tertiary/aromatic N) is 1. The van der Waals surface area contributed by atoms with Crippen molar-refractivity contribution < 1.29 is 27.4 Å². The highest BCUT2D eigenvalue weighted by molar-refractivity contribution is 7.89. The van der Waals surface area contributed by atoms with Crippen LogP contribution in [-0.4, -0.2) is 45.6 Å². The van der Waals surface area contributed by atoms with E-state index < -0.39 is 16.0 Å². The SMILES string of the molecule is COC(=O)c1ccc(S(=O)(=O)N2CCC[C@H]2c2ccc3c(c2)OCCO3)cc1. The predicted molar refractivity (Wildman–Crippen MR) is 101 cm³/mol. The molecule has 0 radical (unpaired) electrons. The zero-order chi connectivity index (χ0) is 19.7. The van der Waals surface area contributed by atoms with E-state index in [4.69, 9.17) is 9.47 Å². The van der Waals surface area contributed by atoms with Crippen LogP contribution in [-0.2, 0) is 14.8 Å². The minimum absolute atomic E-state index is 0.157. The summed E-state index contributed by atoms with van der Waals surface area (Å²) in [5.41, 5.74) is 1.20. The maximum Gasteiger partial charge on any atom is 0.337 e. The number of ether oxygens (including phenoxy) is 3. The molecule has 0 unspecified atom stereocenters. The van der Waals surface area contributed by atoms with Crippen LogP contribution in [0, 0.1) is 0 Å². The van der Waals surface area contributed by atoms with Gasteiger partial charge in [-0.1, -0.05) is 6.07 Å². The second kappa shape index (κ2) is 7.44. The Balaban J connectivity index is 1.63. The molecule has 1 fully saturated rings. The third-order valence-corrected chi connectivity index (χ3v) is 6.96. The highest BCUT2D eigenvalue weighted by Crippen LogP contribution is 2.40. The van der Waals surface area contributed by atoms with E-state index in [0.717, 1.165) is 18.4 Å². The number of carbonyl (C=O) groups is 1. The Morgan fingerprint density at radius 1 is 1.07 bits per heavy atom. The fourth-order valence-corrected chi connectivity index (χ4v) is 5.33. The van der Waals surface area contributed by atoms with E-state index in [2.05, 4.69) is 4.74 Å². The van der Waals surface area contributed by atoms with Crippen LogP contribution in [0.15, 0.2) is 47.4 Å². The molecule has 0 spiro atoms. The molecule has 1 saturated heterocycles. The number of sulfonamides is 1. The van der Waals surface area contributed by atoms with E-state index in [1.165, 1.54) is 35.7 Å². The van der Waals surface area contributed by atoms with Gasteiger partial charge in [0, 0.05) is 6.54 Å². The first kappa shape index (κ1) is 18.8. The first-order valence-corrected chi connectivity index (χ1v) is 10.5. The quantitative estimate of drug-likeness (QED) is 0.730. The average molecular weight is 403 g/mol. The van der Waals surface area contributed by atoms with E-state index in [-0.39, 0.29) is 10.9 Å². The molecule has 0 bridgehead atoms. The second-order valence-electron chi connectivity index (χ2n) is 6.69. The van der Waals surface area contributed by atoms with E-state index in [1.54, 1.807) is 0 Å². The molecular weight excluding hydrogens is 382 g/mol. The Hall–Kier alpha value is -2.58. The number of hydrogen-bond acceptors (Lipinski definition) is 6. The molecule has 0 aliphatic carbocycles. The van der Waals surface area contributed by atoms with Gasteiger partial charge in [-0.2, -0.15) is 4.31 Å². The van der Waals surface area contributed by atoms with Crippen LogP contribution >= 0.6 is 0 Å². The summed E-state index contributed by atoms with van der Waals surface area (Å²) in [7, 11) is -2.41. The second-order valence-corrected chi connectivity index (χ2v) is 8.58. The normalized spacial score (nSPS) is 19.4. The Kier molecular flexibility index (Phi) is 4.99. The van der Waals surface area contributed by atoms with Gasteiger partial charge in [-0.25, -0.2) is 13.2 Å². The highest BCUT2D eigenvalue weighted by atomic mass is 32.2. The number of rotatable bonds is 4. The fourth-order valence-electron chi connectivity index (χ4n) is 3.64. The van der Waals surface area contributed by atoms with Gasteiger partial charge in [-0.05, 0) is 54.8 Å². The Morgan fingerprint density at radius 3 is 2.50 bits per heavy atom. The monoisotopic (exact) mass is 403 g/mol. The summed E-state index contributed by atoms with van der Waals surface area (Å²) in [5, 5.41) is 0. The van der Waals surface area contributed by atoms with Gasteiger partial charge in [0.15, 0.2) is 11.5 Å². The molecule has 148 valence electrons. The molecule has 0 amide bonds. The van der Waals surface area contributed by atoms with Crippen molar-refractivity contribution in [1.29, 1.82) is 0 Å². The summed E-state index contributed by atoms with van der Waals surface area (Å²) in [6.07, 6.45) is 1.51. The lowest BCUT2D eigenvalue weighted by molar-refractivity contribution is 0.0600. The number of carbonyl (C=O) groups excluding carboxylic acids is 1. The van der Waals surface area contributed by atoms with Gasteiger partial charge in [0.05, 0.1) is 23.6 Å². The van der Waals surface area contributed by atoms with Crippen LogP contribution in [0.2, 0.25) is 0 Å². The van der Waals surface area contributed by atoms with Crippen LogP contribution in [0.4, 0.5) is 0 Å². The zero-order valence-electron chi connectivity index (χ0n) is 15.5. The van der Waals surface area contributed by atoms with Crippen molar-refractivity contribution >= 4 is 16.0 Å². The van der Waals surface area contributed by atoms with E-state index >= 15 is 0 Å². The van der Waals surface area contributed by atoms with Gasteiger partial charge in [-0.3, -0.25) is 0 Å². The molecule has 2 aromatic carbocycles. The van der Waals surface area contributed by atoms with Crippen molar-refractivity contribution in [2.45, 2.75) is 23.8 Å². The van der Waals surface area contributed by atoms with Crippen molar-refractivity contribution in [3.63, 3.8) is 0 Å². The van der Waals surface area contributed by atoms with Gasteiger partial charge >= 0.3 is 5.97 Å². The molecule has 2 aliphatic rings. The Bertz CT molecular complexity index is 986. The molecule has 4 rings (SSSR count). The summed E-state index contributed by atoms with van der Waals surface area (Å²) in [4.78, 5) is 11.7.